The fourth-order valence-corrected chi connectivity index (χ4v) is 1.32. The first kappa shape index (κ1) is 12.7. The number of halogens is 1. The summed E-state index contributed by atoms with van der Waals surface area (Å²) in [6.07, 6.45) is 3.02. The summed E-state index contributed by atoms with van der Waals surface area (Å²) in [6.45, 7) is 4.06. The fourth-order valence-electron chi connectivity index (χ4n) is 1.18. The predicted octanol–water partition coefficient (Wildman–Crippen LogP) is 1.09. The van der Waals surface area contributed by atoms with Crippen LogP contribution in [0.25, 0.3) is 0 Å². The average molecular weight is 243 g/mol. The highest BCUT2D eigenvalue weighted by Crippen LogP contribution is 2.10. The molecule has 0 aromatic carbocycles. The third kappa shape index (κ3) is 4.02. The first-order chi connectivity index (χ1) is 7.49. The summed E-state index contributed by atoms with van der Waals surface area (Å²) in [5.41, 5.74) is 0. The molecule has 0 saturated carbocycles. The van der Waals surface area contributed by atoms with Crippen LogP contribution in [0.5, 0.6) is 0 Å². The highest BCUT2D eigenvalue weighted by molar-refractivity contribution is 6.29. The fraction of sp³-hybridized carbons (Fsp3) is 0.500. The van der Waals surface area contributed by atoms with Crippen LogP contribution in [0.4, 0.5) is 5.82 Å². The third-order valence-electron chi connectivity index (χ3n) is 1.81. The second-order valence-corrected chi connectivity index (χ2v) is 4.17. The number of hydrogen-bond acceptors (Lipinski definition) is 4. The van der Waals surface area contributed by atoms with Crippen LogP contribution in [-0.4, -0.2) is 35.5 Å². The molecule has 88 valence electrons. The van der Waals surface area contributed by atoms with Crippen LogP contribution in [0.1, 0.15) is 13.8 Å². The van der Waals surface area contributed by atoms with Gasteiger partial charge in [0.25, 0.3) is 0 Å². The van der Waals surface area contributed by atoms with Crippen molar-refractivity contribution in [2.45, 2.75) is 19.9 Å². The number of anilines is 1. The van der Waals surface area contributed by atoms with E-state index in [1.807, 2.05) is 13.8 Å². The summed E-state index contributed by atoms with van der Waals surface area (Å²) in [5, 5.41) is 3.11. The quantitative estimate of drug-likeness (QED) is 0.859. The van der Waals surface area contributed by atoms with Gasteiger partial charge in [-0.3, -0.25) is 9.78 Å². The molecular formula is C10H15ClN4O. The number of nitrogens with zero attached hydrogens (tertiary/aromatic N) is 3. The Morgan fingerprint density at radius 2 is 2.25 bits per heavy atom. The number of nitrogens with one attached hydrogen (secondary N) is 1. The van der Waals surface area contributed by atoms with Gasteiger partial charge in [0.15, 0.2) is 0 Å². The lowest BCUT2D eigenvalue weighted by Crippen LogP contribution is -2.38. The van der Waals surface area contributed by atoms with Gasteiger partial charge in [-0.25, -0.2) is 4.98 Å². The van der Waals surface area contributed by atoms with Gasteiger partial charge in [0.05, 0.1) is 18.9 Å². The maximum atomic E-state index is 11.5. The van der Waals surface area contributed by atoms with Crippen molar-refractivity contribution >= 4 is 23.3 Å². The van der Waals surface area contributed by atoms with Crippen molar-refractivity contribution in [3.05, 3.63) is 17.5 Å². The highest BCUT2D eigenvalue weighted by Gasteiger charge is 2.09. The van der Waals surface area contributed by atoms with E-state index in [1.54, 1.807) is 18.1 Å². The molecule has 0 unspecified atom stereocenters. The predicted molar refractivity (Wildman–Crippen MR) is 63.6 cm³/mol. The molecule has 0 saturated heterocycles. The van der Waals surface area contributed by atoms with E-state index in [4.69, 9.17) is 11.6 Å². The molecule has 0 bridgehead atoms. The van der Waals surface area contributed by atoms with Crippen LogP contribution in [0.2, 0.25) is 5.15 Å². The van der Waals surface area contributed by atoms with Crippen LogP contribution in [0.15, 0.2) is 12.4 Å². The normalized spacial score (nSPS) is 10.3. The molecule has 16 heavy (non-hydrogen) atoms. The number of likely N-dealkylation sites (N-methyl/N-ethyl adjacent to an activating group) is 1. The van der Waals surface area contributed by atoms with Crippen LogP contribution >= 0.6 is 11.6 Å². The van der Waals surface area contributed by atoms with Gasteiger partial charge in [0.1, 0.15) is 11.0 Å². The van der Waals surface area contributed by atoms with Gasteiger partial charge >= 0.3 is 0 Å². The van der Waals surface area contributed by atoms with E-state index >= 15 is 0 Å². The van der Waals surface area contributed by atoms with Gasteiger partial charge < -0.3 is 10.2 Å². The Morgan fingerprint density at radius 1 is 1.56 bits per heavy atom. The smallest absolute Gasteiger partial charge is 0.239 e. The Balaban J connectivity index is 2.58. The lowest BCUT2D eigenvalue weighted by molar-refractivity contribution is -0.120. The van der Waals surface area contributed by atoms with E-state index in [2.05, 4.69) is 15.3 Å². The Hall–Kier alpha value is -1.36. The molecule has 0 spiro atoms. The van der Waals surface area contributed by atoms with Gasteiger partial charge in [-0.1, -0.05) is 11.6 Å². The molecule has 1 rings (SSSR count). The number of amides is 1. The summed E-state index contributed by atoms with van der Waals surface area (Å²) in [6, 6.07) is 0.131. The molecule has 1 amide bonds. The number of rotatable bonds is 4. The number of aromatic nitrogens is 2. The molecule has 1 aromatic heterocycles. The van der Waals surface area contributed by atoms with Crippen molar-refractivity contribution < 1.29 is 4.79 Å². The first-order valence-corrected chi connectivity index (χ1v) is 5.35. The Labute approximate surface area is 99.8 Å². The third-order valence-corrected chi connectivity index (χ3v) is 2.00. The number of hydrogen-bond donors (Lipinski definition) is 1. The van der Waals surface area contributed by atoms with Gasteiger partial charge in [-0.2, -0.15) is 0 Å². The topological polar surface area (TPSA) is 58.1 Å². The molecule has 0 radical (unpaired) electrons. The molecule has 0 aliphatic rings. The molecule has 6 heteroatoms. The van der Waals surface area contributed by atoms with E-state index in [0.29, 0.717) is 11.0 Å². The molecule has 0 aliphatic heterocycles. The summed E-state index contributed by atoms with van der Waals surface area (Å²) >= 11 is 5.71. The van der Waals surface area contributed by atoms with Crippen LogP contribution < -0.4 is 10.2 Å². The first-order valence-electron chi connectivity index (χ1n) is 4.97. The van der Waals surface area contributed by atoms with Crippen molar-refractivity contribution in [2.24, 2.45) is 0 Å². The highest BCUT2D eigenvalue weighted by atomic mass is 35.5. The molecule has 0 fully saturated rings. The maximum absolute atomic E-state index is 11.5. The average Bonchev–Trinajstić information content (AvgIpc) is 2.16. The lowest BCUT2D eigenvalue weighted by Gasteiger charge is -2.18. The minimum atomic E-state index is -0.0562. The van der Waals surface area contributed by atoms with Crippen LogP contribution in [0.3, 0.4) is 0 Å². The van der Waals surface area contributed by atoms with E-state index in [-0.39, 0.29) is 18.5 Å². The lowest BCUT2D eigenvalue weighted by atomic mass is 10.4. The van der Waals surface area contributed by atoms with E-state index in [9.17, 15) is 4.79 Å². The van der Waals surface area contributed by atoms with Crippen molar-refractivity contribution in [1.29, 1.82) is 0 Å². The molecule has 1 aromatic rings. The standard InChI is InChI=1S/C10H15ClN4O/c1-7(2)13-10(16)6-15(3)9-5-12-4-8(11)14-9/h4-5,7H,6H2,1-3H3,(H,13,16). The van der Waals surface area contributed by atoms with Crippen molar-refractivity contribution in [3.63, 3.8) is 0 Å². The largest absolute Gasteiger partial charge is 0.352 e. The van der Waals surface area contributed by atoms with Gasteiger partial charge in [-0.05, 0) is 13.8 Å². The minimum Gasteiger partial charge on any atom is -0.352 e. The molecule has 0 aliphatic carbocycles. The van der Waals surface area contributed by atoms with E-state index < -0.39 is 0 Å². The molecule has 1 N–H and O–H groups in total. The summed E-state index contributed by atoms with van der Waals surface area (Å²) < 4.78 is 0. The summed E-state index contributed by atoms with van der Waals surface area (Å²) in [7, 11) is 1.76. The van der Waals surface area contributed by atoms with Gasteiger partial charge in [0, 0.05) is 13.1 Å². The number of carbonyl (C=O) groups is 1. The van der Waals surface area contributed by atoms with Gasteiger partial charge in [0.2, 0.25) is 5.91 Å². The molecular weight excluding hydrogens is 228 g/mol. The second kappa shape index (κ2) is 5.65. The minimum absolute atomic E-state index is 0.0562. The number of carbonyl (C=O) groups excluding carboxylic acids is 1. The van der Waals surface area contributed by atoms with Crippen molar-refractivity contribution in [2.75, 3.05) is 18.5 Å². The van der Waals surface area contributed by atoms with E-state index in [1.165, 1.54) is 6.20 Å². The Bertz CT molecular complexity index is 370. The van der Waals surface area contributed by atoms with Crippen LogP contribution in [-0.2, 0) is 4.79 Å². The maximum Gasteiger partial charge on any atom is 0.239 e. The summed E-state index contributed by atoms with van der Waals surface area (Å²) in [4.78, 5) is 21.1. The monoisotopic (exact) mass is 242 g/mol. The van der Waals surface area contributed by atoms with Crippen molar-refractivity contribution in [1.82, 2.24) is 15.3 Å². The van der Waals surface area contributed by atoms with Crippen LogP contribution in [0, 0.1) is 0 Å². The second-order valence-electron chi connectivity index (χ2n) is 3.78. The van der Waals surface area contributed by atoms with Gasteiger partial charge in [-0.15, -0.1) is 0 Å². The Kier molecular flexibility index (Phi) is 4.49. The SMILES string of the molecule is CC(C)NC(=O)CN(C)c1cncc(Cl)n1. The zero-order valence-corrected chi connectivity index (χ0v) is 10.3. The van der Waals surface area contributed by atoms with Crippen molar-refractivity contribution in [3.8, 4) is 0 Å². The molecule has 0 atom stereocenters. The zero-order valence-electron chi connectivity index (χ0n) is 9.57. The molecule has 5 nitrogen and oxygen atoms in total. The summed E-state index contributed by atoms with van der Waals surface area (Å²) in [5.74, 6) is 0.519. The zero-order chi connectivity index (χ0) is 12.1. The van der Waals surface area contributed by atoms with E-state index in [0.717, 1.165) is 0 Å². The Morgan fingerprint density at radius 3 is 2.81 bits per heavy atom. The molecule has 1 heterocycles.